The molecule has 0 nitrogen and oxygen atoms in total. The molecule has 0 spiro atoms. The summed E-state index contributed by atoms with van der Waals surface area (Å²) >= 11 is 0. The van der Waals surface area contributed by atoms with Crippen molar-refractivity contribution in [3.05, 3.63) is 83.9 Å². The van der Waals surface area contributed by atoms with E-state index in [9.17, 15) is 0 Å². The summed E-state index contributed by atoms with van der Waals surface area (Å²) in [4.78, 5) is 0. The Labute approximate surface area is 268 Å². The molecule has 5 aromatic rings. The van der Waals surface area contributed by atoms with Gasteiger partial charge in [-0.15, -0.1) is 11.1 Å². The summed E-state index contributed by atoms with van der Waals surface area (Å²) in [5, 5.41) is 10.0. The maximum Gasteiger partial charge on any atom is 0.143 e. The molecule has 0 saturated carbocycles. The lowest BCUT2D eigenvalue weighted by Crippen LogP contribution is -2.39. The van der Waals surface area contributed by atoms with E-state index in [1.54, 1.807) is 0 Å². The van der Waals surface area contributed by atoms with Crippen molar-refractivity contribution in [3.63, 3.8) is 0 Å². The highest BCUT2D eigenvalue weighted by molar-refractivity contribution is 6.90. The van der Waals surface area contributed by atoms with Gasteiger partial charge < -0.3 is 0 Å². The first-order chi connectivity index (χ1) is 21.0. The largest absolute Gasteiger partial charge is 0.143 e. The van der Waals surface area contributed by atoms with Gasteiger partial charge in [-0.25, -0.2) is 0 Å². The van der Waals surface area contributed by atoms with Gasteiger partial charge in [-0.05, 0) is 102 Å². The van der Waals surface area contributed by atoms with Crippen LogP contribution in [0.1, 0.15) is 80.4 Å². The van der Waals surface area contributed by atoms with Crippen molar-refractivity contribution in [2.24, 2.45) is 0 Å². The summed E-state index contributed by atoms with van der Waals surface area (Å²) in [5.74, 6) is 7.81. The molecule has 0 atom stereocenters. The lowest BCUT2D eigenvalue weighted by Gasteiger charge is -2.33. The average molecular weight is 611 g/mol. The van der Waals surface area contributed by atoms with E-state index >= 15 is 0 Å². The second-order valence-electron chi connectivity index (χ2n) is 14.1. The van der Waals surface area contributed by atoms with E-state index in [2.05, 4.69) is 165 Å². The minimum Gasteiger partial charge on any atom is -0.125 e. The molecule has 0 aliphatic rings. The minimum atomic E-state index is -1.84. The molecular weight excluding hydrogens is 561 g/mol. The summed E-state index contributed by atoms with van der Waals surface area (Å²) in [6.07, 6.45) is 0. The van der Waals surface area contributed by atoms with Gasteiger partial charge in [-0.2, -0.15) is 0 Å². The van der Waals surface area contributed by atoms with Crippen LogP contribution in [0.15, 0.2) is 72.8 Å². The van der Waals surface area contributed by atoms with Crippen LogP contribution in [0, 0.1) is 22.9 Å². The Balaban J connectivity index is 1.96. The van der Waals surface area contributed by atoms with Crippen molar-refractivity contribution in [2.75, 3.05) is 0 Å². The normalized spacial score (nSPS) is 12.5. The predicted molar refractivity (Wildman–Crippen MR) is 203 cm³/mol. The van der Waals surface area contributed by atoms with Gasteiger partial charge in [0.2, 0.25) is 0 Å². The molecule has 0 bridgehead atoms. The van der Waals surface area contributed by atoms with E-state index < -0.39 is 16.1 Å². The second kappa shape index (κ2) is 12.6. The van der Waals surface area contributed by atoms with Gasteiger partial charge >= 0.3 is 0 Å². The summed E-state index contributed by atoms with van der Waals surface area (Å²) in [6, 6.07) is 29.5. The summed E-state index contributed by atoms with van der Waals surface area (Å²) < 4.78 is 0. The van der Waals surface area contributed by atoms with E-state index in [1.807, 2.05) is 0 Å². The van der Waals surface area contributed by atoms with Crippen molar-refractivity contribution in [3.8, 4) is 22.9 Å². The lowest BCUT2D eigenvalue weighted by atomic mass is 9.90. The first-order valence-corrected chi connectivity index (χ1v) is 21.6. The molecule has 0 radical (unpaired) electrons. The molecule has 0 aliphatic heterocycles. The fourth-order valence-electron chi connectivity index (χ4n) is 7.96. The molecular formula is C42H50Si2. The van der Waals surface area contributed by atoms with Gasteiger partial charge in [0.15, 0.2) is 0 Å². The molecule has 0 unspecified atom stereocenters. The molecule has 0 aliphatic carbocycles. The van der Waals surface area contributed by atoms with Gasteiger partial charge in [0.1, 0.15) is 16.1 Å². The van der Waals surface area contributed by atoms with E-state index in [0.29, 0.717) is 22.2 Å². The van der Waals surface area contributed by atoms with Gasteiger partial charge in [-0.1, -0.05) is 130 Å². The van der Waals surface area contributed by atoms with Crippen LogP contribution in [0.3, 0.4) is 0 Å². The Morgan fingerprint density at radius 3 is 1.11 bits per heavy atom. The quantitative estimate of drug-likeness (QED) is 0.102. The highest BCUT2D eigenvalue weighted by Gasteiger charge is 2.37. The van der Waals surface area contributed by atoms with E-state index in [4.69, 9.17) is 0 Å². The van der Waals surface area contributed by atoms with Crippen LogP contribution < -0.4 is 0 Å². The highest BCUT2D eigenvalue weighted by atomic mass is 28.3. The van der Waals surface area contributed by atoms with Crippen LogP contribution in [0.25, 0.3) is 43.1 Å². The van der Waals surface area contributed by atoms with E-state index in [1.165, 1.54) is 66.3 Å². The summed E-state index contributed by atoms with van der Waals surface area (Å²) in [5.41, 5.74) is 12.8. The Morgan fingerprint density at radius 1 is 0.455 bits per heavy atom. The Bertz CT molecular complexity index is 1810. The van der Waals surface area contributed by atoms with Crippen LogP contribution >= 0.6 is 0 Å². The van der Waals surface area contributed by atoms with Crippen LogP contribution in [0.2, 0.25) is 34.3 Å². The van der Waals surface area contributed by atoms with Gasteiger partial charge in [0.25, 0.3) is 0 Å². The first-order valence-electron chi connectivity index (χ1n) is 16.9. The third-order valence-electron chi connectivity index (χ3n) is 11.0. The molecule has 0 saturated heterocycles. The van der Waals surface area contributed by atoms with Crippen LogP contribution in [0.4, 0.5) is 0 Å². The number of fused-ring (bicyclic) bond motifs is 4. The molecule has 226 valence electrons. The minimum absolute atomic E-state index is 0.606. The maximum absolute atomic E-state index is 4.03. The van der Waals surface area contributed by atoms with E-state index in [0.717, 1.165) is 0 Å². The molecule has 0 aromatic heterocycles. The Hall–Kier alpha value is -3.31. The summed E-state index contributed by atoms with van der Waals surface area (Å²) in [7, 11) is -3.68. The molecule has 0 amide bonds. The third-order valence-corrected chi connectivity index (χ3v) is 22.7. The SMILES string of the molecule is CC[Si](C#Cc1c2ccccc2c(C#C[Si](CC)(C(C)C)C(C)C)c2cc3cc4ccccc4cc3cc12)(C(C)C)C(C)C. The number of benzene rings is 5. The highest BCUT2D eigenvalue weighted by Crippen LogP contribution is 2.39. The van der Waals surface area contributed by atoms with Crippen molar-refractivity contribution in [2.45, 2.75) is 103 Å². The molecule has 0 fully saturated rings. The predicted octanol–water partition coefficient (Wildman–Crippen LogP) is 12.7. The van der Waals surface area contributed by atoms with Crippen LogP contribution in [-0.2, 0) is 0 Å². The Morgan fingerprint density at radius 2 is 0.795 bits per heavy atom. The first kappa shape index (κ1) is 32.1. The fraction of sp³-hybridized carbons (Fsp3) is 0.381. The molecule has 2 heteroatoms. The molecule has 44 heavy (non-hydrogen) atoms. The standard InChI is InChI=1S/C42H50Si2/c1-11-43(29(3)4,30(5)6)23-21-39-37-19-15-16-20-38(37)40(22-24-44(12-2,31(7)8)32(9)10)42-28-36-26-34-18-14-13-17-33(34)25-35(36)27-41(39)42/h13-20,25-32H,11-12H2,1-10H3. The molecule has 5 aromatic carbocycles. The zero-order chi connectivity index (χ0) is 31.8. The lowest BCUT2D eigenvalue weighted by molar-refractivity contribution is 0.900. The molecule has 0 heterocycles. The maximum atomic E-state index is 4.03. The van der Waals surface area contributed by atoms with Gasteiger partial charge in [0, 0.05) is 11.1 Å². The van der Waals surface area contributed by atoms with Crippen molar-refractivity contribution in [1.82, 2.24) is 0 Å². The number of rotatable bonds is 6. The van der Waals surface area contributed by atoms with Gasteiger partial charge in [0.05, 0.1) is 0 Å². The Kier molecular flexibility index (Phi) is 9.19. The van der Waals surface area contributed by atoms with Crippen molar-refractivity contribution in [1.29, 1.82) is 0 Å². The fourth-order valence-corrected chi connectivity index (χ4v) is 16.1. The molecule has 0 N–H and O–H groups in total. The zero-order valence-corrected chi connectivity index (χ0v) is 30.7. The monoisotopic (exact) mass is 610 g/mol. The second-order valence-corrected chi connectivity index (χ2v) is 24.8. The number of hydrogen-bond donors (Lipinski definition) is 0. The van der Waals surface area contributed by atoms with Crippen molar-refractivity contribution < 1.29 is 0 Å². The molecule has 5 rings (SSSR count). The van der Waals surface area contributed by atoms with Crippen molar-refractivity contribution >= 4 is 59.2 Å². The average Bonchev–Trinajstić information content (AvgIpc) is 3.00. The summed E-state index contributed by atoms with van der Waals surface area (Å²) in [6.45, 7) is 23.9. The zero-order valence-electron chi connectivity index (χ0n) is 28.7. The smallest absolute Gasteiger partial charge is 0.125 e. The van der Waals surface area contributed by atoms with Crippen LogP contribution in [0.5, 0.6) is 0 Å². The third kappa shape index (κ3) is 5.42. The van der Waals surface area contributed by atoms with E-state index in [-0.39, 0.29) is 0 Å². The number of hydrogen-bond acceptors (Lipinski definition) is 0. The topological polar surface area (TPSA) is 0 Å². The van der Waals surface area contributed by atoms with Gasteiger partial charge in [-0.3, -0.25) is 0 Å². The van der Waals surface area contributed by atoms with Crippen LogP contribution in [-0.4, -0.2) is 16.1 Å².